The van der Waals surface area contributed by atoms with Gasteiger partial charge in [0.2, 0.25) is 0 Å². The Bertz CT molecular complexity index is 503. The number of aliphatic hydroxyl groups excluding tert-OH is 7. The van der Waals surface area contributed by atoms with Gasteiger partial charge in [-0.3, -0.25) is 15.6 Å². The van der Waals surface area contributed by atoms with Gasteiger partial charge < -0.3 is 35.7 Å². The molecule has 0 aliphatic rings. The molecule has 0 fully saturated rings. The molecule has 10 nitrogen and oxygen atoms in total. The summed E-state index contributed by atoms with van der Waals surface area (Å²) >= 11 is 0. The van der Waals surface area contributed by atoms with E-state index in [0.717, 1.165) is 0 Å². The van der Waals surface area contributed by atoms with Gasteiger partial charge in [-0.25, -0.2) is 0 Å². The summed E-state index contributed by atoms with van der Waals surface area (Å²) in [5.41, 5.74) is 5.05. The SMILES string of the molecule is O=C(NNc1ccccc1)C(O)C(O)C(O)C(O)C(O)C(O)CO. The van der Waals surface area contributed by atoms with Crippen molar-refractivity contribution < 1.29 is 40.5 Å². The first-order valence-corrected chi connectivity index (χ1v) is 7.09. The predicted octanol–water partition coefficient (Wildman–Crippen LogP) is -3.71. The van der Waals surface area contributed by atoms with Crippen LogP contribution in [0.25, 0.3) is 0 Å². The van der Waals surface area contributed by atoms with Crippen molar-refractivity contribution in [2.45, 2.75) is 36.6 Å². The fraction of sp³-hybridized carbons (Fsp3) is 0.500. The minimum absolute atomic E-state index is 0.495. The molecular weight excluding hydrogens is 324 g/mol. The number of carbonyl (C=O) groups is 1. The lowest BCUT2D eigenvalue weighted by atomic mass is 9.96. The van der Waals surface area contributed by atoms with Gasteiger partial charge in [0.1, 0.15) is 30.5 Å². The molecule has 10 heteroatoms. The van der Waals surface area contributed by atoms with E-state index in [-0.39, 0.29) is 0 Å². The molecule has 0 aliphatic heterocycles. The number of anilines is 1. The summed E-state index contributed by atoms with van der Waals surface area (Å²) in [6.45, 7) is -0.898. The molecule has 0 radical (unpaired) electrons. The van der Waals surface area contributed by atoms with Crippen molar-refractivity contribution in [3.63, 3.8) is 0 Å². The molecule has 0 saturated carbocycles. The molecule has 6 atom stereocenters. The maximum atomic E-state index is 11.7. The van der Waals surface area contributed by atoms with Gasteiger partial charge in [-0.05, 0) is 12.1 Å². The van der Waals surface area contributed by atoms with Crippen LogP contribution >= 0.6 is 0 Å². The van der Waals surface area contributed by atoms with Gasteiger partial charge in [-0.15, -0.1) is 0 Å². The molecule has 0 aliphatic carbocycles. The fourth-order valence-electron chi connectivity index (χ4n) is 1.81. The average Bonchev–Trinajstić information content (AvgIpc) is 2.62. The standard InChI is InChI=1S/C14H22N2O8/c17-6-8(18)9(19)10(20)11(21)12(22)13(23)14(24)16-15-7-4-2-1-3-5-7/h1-5,8-13,15,17-23H,6H2,(H,16,24). The van der Waals surface area contributed by atoms with Crippen LogP contribution < -0.4 is 10.9 Å². The zero-order chi connectivity index (χ0) is 18.3. The van der Waals surface area contributed by atoms with Crippen LogP contribution in [0.15, 0.2) is 30.3 Å². The van der Waals surface area contributed by atoms with Crippen LogP contribution in [0.2, 0.25) is 0 Å². The summed E-state index contributed by atoms with van der Waals surface area (Å²) in [7, 11) is 0. The molecule has 1 rings (SSSR count). The number of hydrogen-bond donors (Lipinski definition) is 9. The Morgan fingerprint density at radius 1 is 0.875 bits per heavy atom. The molecule has 0 spiro atoms. The van der Waals surface area contributed by atoms with Crippen molar-refractivity contribution >= 4 is 11.6 Å². The highest BCUT2D eigenvalue weighted by atomic mass is 16.4. The number of amides is 1. The molecule has 6 unspecified atom stereocenters. The first-order valence-electron chi connectivity index (χ1n) is 7.09. The van der Waals surface area contributed by atoms with Crippen molar-refractivity contribution in [2.24, 2.45) is 0 Å². The van der Waals surface area contributed by atoms with E-state index in [1.54, 1.807) is 30.3 Å². The number of carbonyl (C=O) groups excluding carboxylic acids is 1. The smallest absolute Gasteiger partial charge is 0.269 e. The lowest BCUT2D eigenvalue weighted by molar-refractivity contribution is -0.165. The zero-order valence-corrected chi connectivity index (χ0v) is 12.6. The molecule has 1 amide bonds. The van der Waals surface area contributed by atoms with Gasteiger partial charge in [0.15, 0.2) is 6.10 Å². The van der Waals surface area contributed by atoms with Crippen LogP contribution in [0.4, 0.5) is 5.69 Å². The van der Waals surface area contributed by atoms with Crippen LogP contribution in [0.5, 0.6) is 0 Å². The third kappa shape index (κ3) is 5.39. The average molecular weight is 346 g/mol. The molecule has 136 valence electrons. The molecular formula is C14H22N2O8. The van der Waals surface area contributed by atoms with Crippen molar-refractivity contribution in [3.8, 4) is 0 Å². The molecule has 0 aromatic heterocycles. The van der Waals surface area contributed by atoms with Crippen LogP contribution in [0, 0.1) is 0 Å². The number of rotatable bonds is 9. The van der Waals surface area contributed by atoms with E-state index in [2.05, 4.69) is 10.9 Å². The highest BCUT2D eigenvalue weighted by molar-refractivity contribution is 5.82. The molecule has 9 N–H and O–H groups in total. The monoisotopic (exact) mass is 346 g/mol. The lowest BCUT2D eigenvalue weighted by Gasteiger charge is -2.30. The van der Waals surface area contributed by atoms with E-state index < -0.39 is 49.1 Å². The van der Waals surface area contributed by atoms with Gasteiger partial charge in [0.25, 0.3) is 5.91 Å². The van der Waals surface area contributed by atoms with Gasteiger partial charge in [0, 0.05) is 0 Å². The van der Waals surface area contributed by atoms with Crippen LogP contribution in [-0.4, -0.2) is 84.9 Å². The van der Waals surface area contributed by atoms with Gasteiger partial charge in [-0.2, -0.15) is 0 Å². The number of hydrogen-bond acceptors (Lipinski definition) is 9. The minimum atomic E-state index is -2.15. The molecule has 1 aromatic rings. The van der Waals surface area contributed by atoms with Gasteiger partial charge in [0.05, 0.1) is 12.3 Å². The highest BCUT2D eigenvalue weighted by Gasteiger charge is 2.39. The summed E-state index contributed by atoms with van der Waals surface area (Å²) in [4.78, 5) is 11.7. The Morgan fingerprint density at radius 3 is 1.96 bits per heavy atom. The Labute approximate surface area is 137 Å². The van der Waals surface area contributed by atoms with E-state index in [1.807, 2.05) is 0 Å². The minimum Gasteiger partial charge on any atom is -0.394 e. The maximum absolute atomic E-state index is 11.7. The van der Waals surface area contributed by atoms with Crippen LogP contribution in [0.3, 0.4) is 0 Å². The second kappa shape index (κ2) is 9.49. The summed E-state index contributed by atoms with van der Waals surface area (Å²) in [6.07, 6.45) is -12.3. The van der Waals surface area contributed by atoms with E-state index >= 15 is 0 Å². The van der Waals surface area contributed by atoms with Crippen molar-refractivity contribution in [1.29, 1.82) is 0 Å². The topological polar surface area (TPSA) is 183 Å². The molecule has 0 heterocycles. The number of para-hydroxylation sites is 1. The molecule has 0 saturated heterocycles. The van der Waals surface area contributed by atoms with Crippen molar-refractivity contribution in [1.82, 2.24) is 5.43 Å². The van der Waals surface area contributed by atoms with E-state index in [1.165, 1.54) is 0 Å². The van der Waals surface area contributed by atoms with E-state index in [0.29, 0.717) is 5.69 Å². The number of aliphatic hydroxyl groups is 7. The summed E-state index contributed by atoms with van der Waals surface area (Å²) in [5.74, 6) is -1.10. The molecule has 24 heavy (non-hydrogen) atoms. The number of benzene rings is 1. The van der Waals surface area contributed by atoms with Crippen LogP contribution in [-0.2, 0) is 4.79 Å². The quantitative estimate of drug-likeness (QED) is 0.203. The number of hydrazine groups is 1. The Morgan fingerprint density at radius 2 is 1.42 bits per heavy atom. The van der Waals surface area contributed by atoms with E-state index in [9.17, 15) is 35.4 Å². The summed E-state index contributed by atoms with van der Waals surface area (Å²) in [5, 5.41) is 66.0. The zero-order valence-electron chi connectivity index (χ0n) is 12.6. The normalized spacial score (nSPS) is 18.8. The Kier molecular flexibility index (Phi) is 8.01. The van der Waals surface area contributed by atoms with E-state index in [4.69, 9.17) is 5.11 Å². The van der Waals surface area contributed by atoms with Gasteiger partial charge >= 0.3 is 0 Å². The molecule has 1 aromatic carbocycles. The lowest BCUT2D eigenvalue weighted by Crippen LogP contribution is -2.56. The fourth-order valence-corrected chi connectivity index (χ4v) is 1.81. The Hall–Kier alpha value is -1.79. The Balaban J connectivity index is 2.58. The third-order valence-electron chi connectivity index (χ3n) is 3.33. The second-order valence-electron chi connectivity index (χ2n) is 5.14. The summed E-state index contributed by atoms with van der Waals surface area (Å²) < 4.78 is 0. The van der Waals surface area contributed by atoms with Crippen molar-refractivity contribution in [2.75, 3.05) is 12.0 Å². The number of nitrogens with one attached hydrogen (secondary N) is 2. The predicted molar refractivity (Wildman–Crippen MR) is 81.3 cm³/mol. The highest BCUT2D eigenvalue weighted by Crippen LogP contribution is 2.11. The largest absolute Gasteiger partial charge is 0.394 e. The maximum Gasteiger partial charge on any atom is 0.269 e. The first kappa shape index (κ1) is 20.3. The second-order valence-corrected chi connectivity index (χ2v) is 5.14. The van der Waals surface area contributed by atoms with Gasteiger partial charge in [-0.1, -0.05) is 18.2 Å². The summed E-state index contributed by atoms with van der Waals surface area (Å²) in [6, 6.07) is 8.36. The van der Waals surface area contributed by atoms with Crippen molar-refractivity contribution in [3.05, 3.63) is 30.3 Å². The first-order chi connectivity index (χ1) is 11.3. The molecule has 0 bridgehead atoms. The van der Waals surface area contributed by atoms with Crippen LogP contribution in [0.1, 0.15) is 0 Å². The third-order valence-corrected chi connectivity index (χ3v) is 3.33.